The highest BCUT2D eigenvalue weighted by Crippen LogP contribution is 2.09. The van der Waals surface area contributed by atoms with E-state index in [-0.39, 0.29) is 6.61 Å². The second-order valence-corrected chi connectivity index (χ2v) is 2.93. The Kier molecular flexibility index (Phi) is 3.32. The standard InChI is InChI=1S/C7H9BrN2O/c8-6-1-2-7(10-5-6)9-3-4-11/h1-2,5,11H,3-4H2,(H,9,10). The molecule has 0 atom stereocenters. The van der Waals surface area contributed by atoms with E-state index in [9.17, 15) is 0 Å². The van der Waals surface area contributed by atoms with Gasteiger partial charge in [-0.25, -0.2) is 4.98 Å². The van der Waals surface area contributed by atoms with E-state index in [4.69, 9.17) is 5.11 Å². The monoisotopic (exact) mass is 216 g/mol. The van der Waals surface area contributed by atoms with Crippen molar-refractivity contribution in [2.45, 2.75) is 0 Å². The van der Waals surface area contributed by atoms with E-state index in [1.165, 1.54) is 0 Å². The number of hydrogen-bond donors (Lipinski definition) is 2. The third-order valence-electron chi connectivity index (χ3n) is 1.15. The molecule has 0 aliphatic heterocycles. The number of nitrogens with zero attached hydrogens (tertiary/aromatic N) is 1. The minimum absolute atomic E-state index is 0.123. The van der Waals surface area contributed by atoms with Gasteiger partial charge in [-0.2, -0.15) is 0 Å². The number of aromatic nitrogens is 1. The summed E-state index contributed by atoms with van der Waals surface area (Å²) >= 11 is 3.27. The summed E-state index contributed by atoms with van der Waals surface area (Å²) in [6.45, 7) is 0.659. The zero-order valence-corrected chi connectivity index (χ0v) is 7.50. The van der Waals surface area contributed by atoms with Gasteiger partial charge in [0.05, 0.1) is 6.61 Å². The van der Waals surface area contributed by atoms with Crippen LogP contribution in [0.4, 0.5) is 5.82 Å². The van der Waals surface area contributed by atoms with Crippen LogP contribution in [0.2, 0.25) is 0 Å². The van der Waals surface area contributed by atoms with Crippen molar-refractivity contribution in [3.63, 3.8) is 0 Å². The number of anilines is 1. The van der Waals surface area contributed by atoms with E-state index in [0.717, 1.165) is 10.3 Å². The van der Waals surface area contributed by atoms with E-state index in [1.807, 2.05) is 12.1 Å². The summed E-state index contributed by atoms with van der Waals surface area (Å²) in [5, 5.41) is 11.4. The molecule has 1 rings (SSSR count). The zero-order chi connectivity index (χ0) is 8.10. The maximum atomic E-state index is 8.48. The minimum atomic E-state index is 0.123. The fourth-order valence-corrected chi connectivity index (χ4v) is 0.899. The van der Waals surface area contributed by atoms with E-state index < -0.39 is 0 Å². The van der Waals surface area contributed by atoms with Crippen LogP contribution < -0.4 is 5.32 Å². The fraction of sp³-hybridized carbons (Fsp3) is 0.286. The maximum absolute atomic E-state index is 8.48. The van der Waals surface area contributed by atoms with Crippen LogP contribution in [0.1, 0.15) is 0 Å². The lowest BCUT2D eigenvalue weighted by Gasteiger charge is -2.01. The van der Waals surface area contributed by atoms with Crippen LogP contribution in [0.5, 0.6) is 0 Å². The largest absolute Gasteiger partial charge is 0.395 e. The first-order valence-corrected chi connectivity index (χ1v) is 4.08. The molecular formula is C7H9BrN2O. The Bertz CT molecular complexity index is 212. The van der Waals surface area contributed by atoms with Crippen molar-refractivity contribution in [2.75, 3.05) is 18.5 Å². The lowest BCUT2D eigenvalue weighted by molar-refractivity contribution is 0.311. The maximum Gasteiger partial charge on any atom is 0.126 e. The molecule has 0 unspecified atom stereocenters. The number of aliphatic hydroxyl groups excluding tert-OH is 1. The molecule has 4 heteroatoms. The van der Waals surface area contributed by atoms with Crippen LogP contribution >= 0.6 is 15.9 Å². The molecule has 0 saturated carbocycles. The number of hydrogen-bond acceptors (Lipinski definition) is 3. The number of pyridine rings is 1. The van der Waals surface area contributed by atoms with Crippen LogP contribution in [0.3, 0.4) is 0 Å². The summed E-state index contributed by atoms with van der Waals surface area (Å²) in [7, 11) is 0. The molecule has 0 aliphatic rings. The Balaban J connectivity index is 2.52. The zero-order valence-electron chi connectivity index (χ0n) is 5.92. The highest BCUT2D eigenvalue weighted by atomic mass is 79.9. The molecule has 1 heterocycles. The van der Waals surface area contributed by atoms with Crippen molar-refractivity contribution >= 4 is 21.7 Å². The molecule has 3 nitrogen and oxygen atoms in total. The molecule has 2 N–H and O–H groups in total. The van der Waals surface area contributed by atoms with Gasteiger partial charge in [-0.05, 0) is 28.1 Å². The summed E-state index contributed by atoms with van der Waals surface area (Å²) in [5.41, 5.74) is 0. The van der Waals surface area contributed by atoms with Gasteiger partial charge >= 0.3 is 0 Å². The Morgan fingerprint density at radius 2 is 2.36 bits per heavy atom. The summed E-state index contributed by atoms with van der Waals surface area (Å²) in [6.07, 6.45) is 1.71. The fourth-order valence-electron chi connectivity index (χ4n) is 0.664. The number of halogens is 1. The first kappa shape index (κ1) is 8.49. The van der Waals surface area contributed by atoms with Gasteiger partial charge < -0.3 is 10.4 Å². The Morgan fingerprint density at radius 3 is 2.91 bits per heavy atom. The SMILES string of the molecule is OCCNc1ccc(Br)cn1. The first-order valence-electron chi connectivity index (χ1n) is 3.29. The van der Waals surface area contributed by atoms with Crippen molar-refractivity contribution < 1.29 is 5.11 Å². The van der Waals surface area contributed by atoms with Crippen LogP contribution in [0, 0.1) is 0 Å². The first-order chi connectivity index (χ1) is 5.33. The van der Waals surface area contributed by atoms with E-state index in [2.05, 4.69) is 26.2 Å². The predicted molar refractivity (Wildman–Crippen MR) is 47.5 cm³/mol. The third kappa shape index (κ3) is 2.86. The predicted octanol–water partition coefficient (Wildman–Crippen LogP) is 1.25. The van der Waals surface area contributed by atoms with Gasteiger partial charge in [-0.15, -0.1) is 0 Å². The normalized spacial score (nSPS) is 9.64. The lowest BCUT2D eigenvalue weighted by atomic mass is 10.4. The molecule has 0 aliphatic carbocycles. The second kappa shape index (κ2) is 4.31. The molecule has 60 valence electrons. The Hall–Kier alpha value is -0.610. The van der Waals surface area contributed by atoms with Crippen molar-refractivity contribution in [3.8, 4) is 0 Å². The van der Waals surface area contributed by atoms with Crippen molar-refractivity contribution in [2.24, 2.45) is 0 Å². The molecule has 0 radical (unpaired) electrons. The highest BCUT2D eigenvalue weighted by Gasteiger charge is 1.90. The molecule has 0 aromatic carbocycles. The number of rotatable bonds is 3. The van der Waals surface area contributed by atoms with Gasteiger partial charge in [0.1, 0.15) is 5.82 Å². The minimum Gasteiger partial charge on any atom is -0.395 e. The number of nitrogens with one attached hydrogen (secondary N) is 1. The summed E-state index contributed by atoms with van der Waals surface area (Å²) < 4.78 is 0.951. The smallest absolute Gasteiger partial charge is 0.126 e. The van der Waals surface area contributed by atoms with Crippen LogP contribution in [0.25, 0.3) is 0 Å². The van der Waals surface area contributed by atoms with Gasteiger partial charge in [-0.1, -0.05) is 0 Å². The molecule has 0 saturated heterocycles. The van der Waals surface area contributed by atoms with E-state index in [0.29, 0.717) is 6.54 Å². The van der Waals surface area contributed by atoms with Gasteiger partial charge in [0.25, 0.3) is 0 Å². The molecule has 0 spiro atoms. The quantitative estimate of drug-likeness (QED) is 0.800. The summed E-state index contributed by atoms with van der Waals surface area (Å²) in [4.78, 5) is 4.05. The molecule has 0 amide bonds. The van der Waals surface area contributed by atoms with Crippen LogP contribution in [-0.2, 0) is 0 Å². The highest BCUT2D eigenvalue weighted by molar-refractivity contribution is 9.10. The van der Waals surface area contributed by atoms with Crippen molar-refractivity contribution in [1.29, 1.82) is 0 Å². The van der Waals surface area contributed by atoms with E-state index in [1.54, 1.807) is 6.20 Å². The van der Waals surface area contributed by atoms with E-state index >= 15 is 0 Å². The van der Waals surface area contributed by atoms with Gasteiger partial charge in [0.15, 0.2) is 0 Å². The molecule has 0 bridgehead atoms. The Labute approximate surface area is 73.6 Å². The Morgan fingerprint density at radius 1 is 1.55 bits per heavy atom. The molecule has 0 fully saturated rings. The van der Waals surface area contributed by atoms with Crippen LogP contribution in [0.15, 0.2) is 22.8 Å². The molecule has 1 aromatic rings. The molecule has 11 heavy (non-hydrogen) atoms. The molecular weight excluding hydrogens is 208 g/mol. The third-order valence-corrected chi connectivity index (χ3v) is 1.61. The lowest BCUT2D eigenvalue weighted by Crippen LogP contribution is -2.06. The average molecular weight is 217 g/mol. The topological polar surface area (TPSA) is 45.1 Å². The van der Waals surface area contributed by atoms with Crippen molar-refractivity contribution in [1.82, 2.24) is 4.98 Å². The van der Waals surface area contributed by atoms with Gasteiger partial charge in [0.2, 0.25) is 0 Å². The molecule has 1 aromatic heterocycles. The average Bonchev–Trinajstić information content (AvgIpc) is 2.04. The second-order valence-electron chi connectivity index (χ2n) is 2.01. The number of aliphatic hydroxyl groups is 1. The summed E-state index contributed by atoms with van der Waals surface area (Å²) in [5.74, 6) is 0.780. The van der Waals surface area contributed by atoms with Crippen LogP contribution in [-0.4, -0.2) is 23.2 Å². The van der Waals surface area contributed by atoms with Gasteiger partial charge in [-0.3, -0.25) is 0 Å². The summed E-state index contributed by atoms with van der Waals surface area (Å²) in [6, 6.07) is 3.74. The van der Waals surface area contributed by atoms with Gasteiger partial charge in [0, 0.05) is 17.2 Å². The van der Waals surface area contributed by atoms with Crippen molar-refractivity contribution in [3.05, 3.63) is 22.8 Å².